The van der Waals surface area contributed by atoms with E-state index in [1.54, 1.807) is 0 Å². The van der Waals surface area contributed by atoms with Gasteiger partial charge in [0.25, 0.3) is 0 Å². The summed E-state index contributed by atoms with van der Waals surface area (Å²) in [6.07, 6.45) is 6.06. The minimum atomic E-state index is -0.329. The van der Waals surface area contributed by atoms with Crippen molar-refractivity contribution < 1.29 is 14.3 Å². The van der Waals surface area contributed by atoms with E-state index >= 15 is 0 Å². The third-order valence-electron chi connectivity index (χ3n) is 4.68. The first kappa shape index (κ1) is 16.3. The first-order valence-electron chi connectivity index (χ1n) is 8.31. The number of nitrogens with one attached hydrogen (secondary N) is 1. The lowest BCUT2D eigenvalue weighted by molar-refractivity contribution is -0.137. The predicted molar refractivity (Wildman–Crippen MR) is 80.8 cm³/mol. The number of carbonyl (C=O) groups excluding carboxylic acids is 2. The van der Waals surface area contributed by atoms with Crippen LogP contribution in [0.3, 0.4) is 0 Å². The molecule has 0 aromatic heterocycles. The summed E-state index contributed by atoms with van der Waals surface area (Å²) in [6, 6.07) is -0.379. The summed E-state index contributed by atoms with van der Waals surface area (Å²) in [7, 11) is 0. The van der Waals surface area contributed by atoms with Gasteiger partial charge >= 0.3 is 0 Å². The normalized spacial score (nSPS) is 28.4. The van der Waals surface area contributed by atoms with Crippen LogP contribution < -0.4 is 5.32 Å². The van der Waals surface area contributed by atoms with E-state index in [-0.39, 0.29) is 23.9 Å². The molecule has 1 aliphatic carbocycles. The summed E-state index contributed by atoms with van der Waals surface area (Å²) in [5.74, 6) is 0.389. The summed E-state index contributed by atoms with van der Waals surface area (Å²) in [6.45, 7) is 5.67. The van der Waals surface area contributed by atoms with Gasteiger partial charge in [-0.2, -0.15) is 0 Å². The lowest BCUT2D eigenvalue weighted by atomic mass is 9.83. The molecule has 1 saturated carbocycles. The second kappa shape index (κ2) is 7.78. The Hall–Kier alpha value is -1.10. The molecule has 1 N–H and O–H groups in total. The molecule has 21 heavy (non-hydrogen) atoms. The molecule has 1 aliphatic heterocycles. The average Bonchev–Trinajstić information content (AvgIpc) is 2.59. The van der Waals surface area contributed by atoms with Crippen molar-refractivity contribution >= 4 is 11.8 Å². The SMILES string of the molecule is CCOCCN1C(=O)C(C2CCCCC2)NC(=O)CC1C. The number of rotatable bonds is 5. The van der Waals surface area contributed by atoms with Crippen LogP contribution in [0.2, 0.25) is 0 Å². The molecular weight excluding hydrogens is 268 g/mol. The number of carbonyl (C=O) groups is 2. The quantitative estimate of drug-likeness (QED) is 0.786. The minimum absolute atomic E-state index is 0.00494. The van der Waals surface area contributed by atoms with Crippen molar-refractivity contribution in [3.8, 4) is 0 Å². The highest BCUT2D eigenvalue weighted by atomic mass is 16.5. The molecule has 2 amide bonds. The molecule has 0 spiro atoms. The molecule has 5 heteroatoms. The average molecular weight is 296 g/mol. The number of ether oxygens (including phenoxy) is 1. The van der Waals surface area contributed by atoms with Crippen molar-refractivity contribution in [3.63, 3.8) is 0 Å². The Bertz CT molecular complexity index is 367. The van der Waals surface area contributed by atoms with Gasteiger partial charge in [0.1, 0.15) is 6.04 Å². The maximum absolute atomic E-state index is 12.9. The van der Waals surface area contributed by atoms with Crippen LogP contribution in [0.1, 0.15) is 52.4 Å². The van der Waals surface area contributed by atoms with Gasteiger partial charge in [0, 0.05) is 25.6 Å². The van der Waals surface area contributed by atoms with E-state index in [1.165, 1.54) is 19.3 Å². The summed E-state index contributed by atoms with van der Waals surface area (Å²) >= 11 is 0. The molecule has 0 bridgehead atoms. The van der Waals surface area contributed by atoms with Crippen LogP contribution in [0.5, 0.6) is 0 Å². The molecule has 2 fully saturated rings. The Morgan fingerprint density at radius 2 is 1.95 bits per heavy atom. The molecule has 2 atom stereocenters. The zero-order chi connectivity index (χ0) is 15.2. The lowest BCUT2D eigenvalue weighted by Gasteiger charge is -2.33. The first-order chi connectivity index (χ1) is 10.1. The van der Waals surface area contributed by atoms with Gasteiger partial charge in [0.05, 0.1) is 6.61 Å². The van der Waals surface area contributed by atoms with Crippen molar-refractivity contribution in [2.24, 2.45) is 5.92 Å². The fourth-order valence-electron chi connectivity index (χ4n) is 3.49. The molecule has 0 radical (unpaired) electrons. The number of nitrogens with zero attached hydrogens (tertiary/aromatic N) is 1. The van der Waals surface area contributed by atoms with Crippen molar-refractivity contribution in [2.45, 2.75) is 64.5 Å². The third kappa shape index (κ3) is 4.19. The second-order valence-electron chi connectivity index (χ2n) is 6.22. The van der Waals surface area contributed by atoms with E-state index < -0.39 is 0 Å². The van der Waals surface area contributed by atoms with Gasteiger partial charge < -0.3 is 15.0 Å². The van der Waals surface area contributed by atoms with Crippen LogP contribution in [0, 0.1) is 5.92 Å². The van der Waals surface area contributed by atoms with Crippen molar-refractivity contribution in [2.75, 3.05) is 19.8 Å². The van der Waals surface area contributed by atoms with Crippen molar-refractivity contribution in [1.29, 1.82) is 0 Å². The molecule has 1 heterocycles. The monoisotopic (exact) mass is 296 g/mol. The number of amides is 2. The Balaban J connectivity index is 2.07. The van der Waals surface area contributed by atoms with Crippen LogP contribution in [0.15, 0.2) is 0 Å². The van der Waals surface area contributed by atoms with E-state index in [2.05, 4.69) is 5.32 Å². The van der Waals surface area contributed by atoms with E-state index in [1.807, 2.05) is 18.7 Å². The fourth-order valence-corrected chi connectivity index (χ4v) is 3.49. The molecule has 1 saturated heterocycles. The molecule has 5 nitrogen and oxygen atoms in total. The minimum Gasteiger partial charge on any atom is -0.380 e. The van der Waals surface area contributed by atoms with Gasteiger partial charge in [0.15, 0.2) is 0 Å². The van der Waals surface area contributed by atoms with Gasteiger partial charge in [-0.3, -0.25) is 9.59 Å². The summed E-state index contributed by atoms with van der Waals surface area (Å²) < 4.78 is 5.38. The molecule has 2 aliphatic rings. The molecular formula is C16H28N2O3. The zero-order valence-electron chi connectivity index (χ0n) is 13.3. The summed E-state index contributed by atoms with van der Waals surface area (Å²) in [5, 5.41) is 2.98. The molecule has 2 unspecified atom stereocenters. The summed E-state index contributed by atoms with van der Waals surface area (Å²) in [5.41, 5.74) is 0. The van der Waals surface area contributed by atoms with Gasteiger partial charge in [-0.1, -0.05) is 19.3 Å². The van der Waals surface area contributed by atoms with Crippen molar-refractivity contribution in [3.05, 3.63) is 0 Å². The molecule has 120 valence electrons. The highest BCUT2D eigenvalue weighted by Gasteiger charge is 2.38. The molecule has 0 aromatic carbocycles. The lowest BCUT2D eigenvalue weighted by Crippen LogP contribution is -2.51. The third-order valence-corrected chi connectivity index (χ3v) is 4.68. The maximum Gasteiger partial charge on any atom is 0.245 e. The van der Waals surface area contributed by atoms with Crippen LogP contribution in [-0.2, 0) is 14.3 Å². The predicted octanol–water partition coefficient (Wildman–Crippen LogP) is 1.71. The molecule has 0 aromatic rings. The Labute approximate surface area is 127 Å². The smallest absolute Gasteiger partial charge is 0.245 e. The fraction of sp³-hybridized carbons (Fsp3) is 0.875. The van der Waals surface area contributed by atoms with Gasteiger partial charge in [0.2, 0.25) is 11.8 Å². The topological polar surface area (TPSA) is 58.6 Å². The van der Waals surface area contributed by atoms with Crippen molar-refractivity contribution in [1.82, 2.24) is 10.2 Å². The van der Waals surface area contributed by atoms with Crippen LogP contribution in [-0.4, -0.2) is 48.6 Å². The Morgan fingerprint density at radius 1 is 1.24 bits per heavy atom. The van der Waals surface area contributed by atoms with E-state index in [0.29, 0.717) is 32.1 Å². The number of hydrogen-bond donors (Lipinski definition) is 1. The highest BCUT2D eigenvalue weighted by molar-refractivity contribution is 5.90. The Morgan fingerprint density at radius 3 is 2.62 bits per heavy atom. The zero-order valence-corrected chi connectivity index (χ0v) is 13.3. The standard InChI is InChI=1S/C16H28N2O3/c1-3-21-10-9-18-12(2)11-14(19)17-15(16(18)20)13-7-5-4-6-8-13/h12-13,15H,3-11H2,1-2H3,(H,17,19). The van der Waals surface area contributed by atoms with Gasteiger partial charge in [-0.15, -0.1) is 0 Å². The second-order valence-corrected chi connectivity index (χ2v) is 6.22. The van der Waals surface area contributed by atoms with E-state index in [4.69, 9.17) is 4.74 Å². The van der Waals surface area contributed by atoms with Gasteiger partial charge in [-0.25, -0.2) is 0 Å². The highest BCUT2D eigenvalue weighted by Crippen LogP contribution is 2.29. The van der Waals surface area contributed by atoms with E-state index in [9.17, 15) is 9.59 Å². The van der Waals surface area contributed by atoms with Crippen LogP contribution in [0.25, 0.3) is 0 Å². The number of hydrogen-bond acceptors (Lipinski definition) is 3. The van der Waals surface area contributed by atoms with Crippen LogP contribution >= 0.6 is 0 Å². The van der Waals surface area contributed by atoms with Crippen LogP contribution in [0.4, 0.5) is 0 Å². The molecule has 2 rings (SSSR count). The van der Waals surface area contributed by atoms with E-state index in [0.717, 1.165) is 12.8 Å². The summed E-state index contributed by atoms with van der Waals surface area (Å²) in [4.78, 5) is 26.7. The Kier molecular flexibility index (Phi) is 6.03. The maximum atomic E-state index is 12.9. The first-order valence-corrected chi connectivity index (χ1v) is 8.31. The largest absolute Gasteiger partial charge is 0.380 e. The van der Waals surface area contributed by atoms with Gasteiger partial charge in [-0.05, 0) is 32.6 Å².